The molecule has 3 heteroatoms. The summed E-state index contributed by atoms with van der Waals surface area (Å²) < 4.78 is 0. The number of benzene rings is 3. The second kappa shape index (κ2) is 6.28. The van der Waals surface area contributed by atoms with Gasteiger partial charge in [-0.15, -0.1) is 0 Å². The van der Waals surface area contributed by atoms with Gasteiger partial charge in [0.1, 0.15) is 0 Å². The molecule has 3 aromatic rings. The first-order valence-electron chi connectivity index (χ1n) is 7.96. The molecule has 0 saturated heterocycles. The summed E-state index contributed by atoms with van der Waals surface area (Å²) in [5.41, 5.74) is 0.508. The van der Waals surface area contributed by atoms with E-state index in [0.29, 0.717) is 6.54 Å². The zero-order valence-electron chi connectivity index (χ0n) is 13.6. The van der Waals surface area contributed by atoms with Crippen molar-refractivity contribution in [1.82, 2.24) is 5.32 Å². The van der Waals surface area contributed by atoms with Gasteiger partial charge in [-0.2, -0.15) is 0 Å². The molecule has 0 amide bonds. The molecular weight excluding hydrogens is 286 g/mol. The lowest BCUT2D eigenvalue weighted by molar-refractivity contribution is 0.137. The second-order valence-electron chi connectivity index (χ2n) is 6.67. The van der Waals surface area contributed by atoms with Crippen molar-refractivity contribution in [3.8, 4) is 0 Å². The molecule has 120 valence electrons. The Bertz CT molecular complexity index is 826. The maximum absolute atomic E-state index is 10.7. The van der Waals surface area contributed by atoms with E-state index in [0.717, 1.165) is 21.7 Å². The maximum Gasteiger partial charge on any atom is 0.0920 e. The van der Waals surface area contributed by atoms with Crippen LogP contribution in [0.1, 0.15) is 25.5 Å². The third-order valence-corrected chi connectivity index (χ3v) is 4.33. The number of rotatable bonds is 5. The van der Waals surface area contributed by atoms with E-state index in [4.69, 9.17) is 0 Å². The lowest BCUT2D eigenvalue weighted by Gasteiger charge is -2.26. The van der Waals surface area contributed by atoms with Crippen molar-refractivity contribution in [2.24, 2.45) is 0 Å². The van der Waals surface area contributed by atoms with Crippen LogP contribution in [0.2, 0.25) is 0 Å². The highest BCUT2D eigenvalue weighted by Gasteiger charge is 2.19. The fraction of sp³-hybridized carbons (Fsp3) is 0.300. The Morgan fingerprint density at radius 2 is 1.57 bits per heavy atom. The molecule has 0 heterocycles. The summed E-state index contributed by atoms with van der Waals surface area (Å²) in [6.07, 6.45) is -0.629. The van der Waals surface area contributed by atoms with Gasteiger partial charge in [-0.1, -0.05) is 48.5 Å². The topological polar surface area (TPSA) is 52.5 Å². The molecule has 0 fully saturated rings. The summed E-state index contributed by atoms with van der Waals surface area (Å²) in [5, 5.41) is 27.8. The van der Waals surface area contributed by atoms with Crippen LogP contribution in [0.15, 0.2) is 54.6 Å². The van der Waals surface area contributed by atoms with E-state index in [1.54, 1.807) is 0 Å². The largest absolute Gasteiger partial charge is 0.394 e. The van der Waals surface area contributed by atoms with E-state index in [9.17, 15) is 10.2 Å². The Morgan fingerprint density at radius 1 is 0.957 bits per heavy atom. The third kappa shape index (κ3) is 3.22. The van der Waals surface area contributed by atoms with Gasteiger partial charge in [-0.3, -0.25) is 0 Å². The zero-order chi connectivity index (χ0) is 16.4. The number of nitrogens with one attached hydrogen (secondary N) is 1. The predicted octanol–water partition coefficient (Wildman–Crippen LogP) is 3.39. The van der Waals surface area contributed by atoms with Gasteiger partial charge in [0.2, 0.25) is 0 Å². The number of hydrogen-bond acceptors (Lipinski definition) is 3. The van der Waals surface area contributed by atoms with Gasteiger partial charge in [-0.05, 0) is 47.0 Å². The van der Waals surface area contributed by atoms with Gasteiger partial charge in [0.25, 0.3) is 0 Å². The monoisotopic (exact) mass is 309 g/mol. The third-order valence-electron chi connectivity index (χ3n) is 4.33. The average molecular weight is 309 g/mol. The minimum atomic E-state index is -0.629. The standard InChI is InChI=1S/C20H23NO2/c1-20(2,13-22)21-12-19(23)18-11-14-7-3-4-8-15(14)16-9-5-6-10-17(16)18/h3-11,19,21-23H,12-13H2,1-2H3/t19-/m1/s1. The van der Waals surface area contributed by atoms with E-state index in [-0.39, 0.29) is 6.61 Å². The minimum Gasteiger partial charge on any atom is -0.394 e. The first-order chi connectivity index (χ1) is 11.0. The van der Waals surface area contributed by atoms with Crippen LogP contribution in [0.5, 0.6) is 0 Å². The molecular formula is C20H23NO2. The Kier molecular flexibility index (Phi) is 4.35. The highest BCUT2D eigenvalue weighted by atomic mass is 16.3. The molecule has 0 aliphatic rings. The van der Waals surface area contributed by atoms with E-state index < -0.39 is 11.6 Å². The highest BCUT2D eigenvalue weighted by molar-refractivity contribution is 6.09. The van der Waals surface area contributed by atoms with Crippen molar-refractivity contribution >= 4 is 21.5 Å². The average Bonchev–Trinajstić information content (AvgIpc) is 2.59. The molecule has 3 N–H and O–H groups in total. The van der Waals surface area contributed by atoms with Crippen molar-refractivity contribution in [3.63, 3.8) is 0 Å². The van der Waals surface area contributed by atoms with Crippen molar-refractivity contribution in [3.05, 3.63) is 60.2 Å². The Morgan fingerprint density at radius 3 is 2.26 bits per heavy atom. The molecule has 0 aliphatic carbocycles. The number of fused-ring (bicyclic) bond motifs is 3. The van der Waals surface area contributed by atoms with Crippen molar-refractivity contribution in [2.75, 3.05) is 13.2 Å². The van der Waals surface area contributed by atoms with Crippen LogP contribution in [0.4, 0.5) is 0 Å². The maximum atomic E-state index is 10.7. The van der Waals surface area contributed by atoms with Gasteiger partial charge in [-0.25, -0.2) is 0 Å². The van der Waals surface area contributed by atoms with E-state index in [1.807, 2.05) is 38.1 Å². The molecule has 0 unspecified atom stereocenters. The number of β-amino-alcohol motifs (C(OH)–C–C–N with tert-alkyl or cyclic N) is 1. The van der Waals surface area contributed by atoms with Crippen molar-refractivity contribution < 1.29 is 10.2 Å². The molecule has 1 atom stereocenters. The fourth-order valence-corrected chi connectivity index (χ4v) is 2.90. The second-order valence-corrected chi connectivity index (χ2v) is 6.67. The van der Waals surface area contributed by atoms with Crippen LogP contribution < -0.4 is 5.32 Å². The normalized spacial score (nSPS) is 13.6. The van der Waals surface area contributed by atoms with Crippen LogP contribution in [-0.4, -0.2) is 28.9 Å². The molecule has 3 aromatic carbocycles. The lowest BCUT2D eigenvalue weighted by atomic mass is 9.94. The quantitative estimate of drug-likeness (QED) is 0.633. The fourth-order valence-electron chi connectivity index (χ4n) is 2.90. The summed E-state index contributed by atoms with van der Waals surface area (Å²) in [7, 11) is 0. The zero-order valence-corrected chi connectivity index (χ0v) is 13.6. The molecule has 3 rings (SSSR count). The van der Waals surface area contributed by atoms with Crippen LogP contribution in [0.3, 0.4) is 0 Å². The number of aliphatic hydroxyl groups excluding tert-OH is 2. The summed E-state index contributed by atoms with van der Waals surface area (Å²) >= 11 is 0. The number of hydrogen-bond donors (Lipinski definition) is 3. The molecule has 0 spiro atoms. The van der Waals surface area contributed by atoms with E-state index in [2.05, 4.69) is 35.6 Å². The van der Waals surface area contributed by atoms with E-state index in [1.165, 1.54) is 5.39 Å². The molecule has 0 saturated carbocycles. The van der Waals surface area contributed by atoms with Crippen LogP contribution in [0, 0.1) is 0 Å². The molecule has 0 aromatic heterocycles. The minimum absolute atomic E-state index is 0.0260. The first-order valence-corrected chi connectivity index (χ1v) is 7.96. The van der Waals surface area contributed by atoms with Gasteiger partial charge < -0.3 is 15.5 Å². The molecule has 0 bridgehead atoms. The van der Waals surface area contributed by atoms with Crippen LogP contribution >= 0.6 is 0 Å². The summed E-state index contributed by atoms with van der Waals surface area (Å²) in [5.74, 6) is 0. The van der Waals surface area contributed by atoms with Gasteiger partial charge in [0.15, 0.2) is 0 Å². The molecule has 23 heavy (non-hydrogen) atoms. The van der Waals surface area contributed by atoms with Crippen LogP contribution in [0.25, 0.3) is 21.5 Å². The smallest absolute Gasteiger partial charge is 0.0920 e. The van der Waals surface area contributed by atoms with Crippen LogP contribution in [-0.2, 0) is 0 Å². The van der Waals surface area contributed by atoms with Crippen molar-refractivity contribution in [1.29, 1.82) is 0 Å². The van der Waals surface area contributed by atoms with E-state index >= 15 is 0 Å². The van der Waals surface area contributed by atoms with Gasteiger partial charge in [0.05, 0.1) is 12.7 Å². The van der Waals surface area contributed by atoms with Gasteiger partial charge in [0, 0.05) is 12.1 Å². The summed E-state index contributed by atoms with van der Waals surface area (Å²) in [4.78, 5) is 0. The molecule has 3 nitrogen and oxygen atoms in total. The Hall–Kier alpha value is -1.94. The molecule has 0 aliphatic heterocycles. The SMILES string of the molecule is CC(C)(CO)NC[C@@H](O)c1cc2ccccc2c2ccccc12. The molecule has 0 radical (unpaired) electrons. The van der Waals surface area contributed by atoms with Crippen molar-refractivity contribution in [2.45, 2.75) is 25.5 Å². The Balaban J connectivity index is 2.05. The number of aliphatic hydroxyl groups is 2. The van der Waals surface area contributed by atoms with Gasteiger partial charge >= 0.3 is 0 Å². The first kappa shape index (κ1) is 15.9. The Labute approximate surface area is 136 Å². The lowest BCUT2D eigenvalue weighted by Crippen LogP contribution is -2.44. The summed E-state index contributed by atoms with van der Waals surface area (Å²) in [6, 6.07) is 18.5. The predicted molar refractivity (Wildman–Crippen MR) is 95.6 cm³/mol. The summed E-state index contributed by atoms with van der Waals surface area (Å²) in [6.45, 7) is 4.25. The highest BCUT2D eigenvalue weighted by Crippen LogP contribution is 2.31.